The van der Waals surface area contributed by atoms with Gasteiger partial charge in [-0.3, -0.25) is 14.6 Å². The van der Waals surface area contributed by atoms with Gasteiger partial charge in [0, 0.05) is 29.3 Å². The zero-order valence-electron chi connectivity index (χ0n) is 19.6. The molecule has 2 aromatic carbocycles. The largest absolute Gasteiger partial charge is 0.491 e. The van der Waals surface area contributed by atoms with E-state index in [1.165, 1.54) is 0 Å². The molecule has 0 bridgehead atoms. The van der Waals surface area contributed by atoms with Gasteiger partial charge in [0.2, 0.25) is 11.8 Å². The van der Waals surface area contributed by atoms with Crippen molar-refractivity contribution in [2.24, 2.45) is 4.99 Å². The highest BCUT2D eigenvalue weighted by molar-refractivity contribution is 6.03. The number of benzene rings is 2. The fraction of sp³-hybridized carbons (Fsp3) is 0.346. The van der Waals surface area contributed by atoms with Crippen molar-refractivity contribution in [1.82, 2.24) is 5.32 Å². The van der Waals surface area contributed by atoms with Crippen molar-refractivity contribution in [2.45, 2.75) is 52.0 Å². The summed E-state index contributed by atoms with van der Waals surface area (Å²) in [5.41, 5.74) is 2.18. The van der Waals surface area contributed by atoms with E-state index < -0.39 is 5.82 Å². The molecule has 0 aromatic heterocycles. The number of nitrogens with one attached hydrogen (secondary N) is 3. The van der Waals surface area contributed by atoms with Crippen LogP contribution in [-0.4, -0.2) is 30.7 Å². The normalized spacial score (nSPS) is 13.3. The molecule has 1 aliphatic carbocycles. The summed E-state index contributed by atoms with van der Waals surface area (Å²) in [5.74, 6) is -1.03. The predicted octanol–water partition coefficient (Wildman–Crippen LogP) is 5.42. The number of halogens is 1. The SMILES string of the molecule is C=C(Nc1ccc(NC(=O)CC(=O)NC2CCC2)cc1)c1c(N=CC)ccc(OCCC)c1F. The van der Waals surface area contributed by atoms with Crippen LogP contribution in [0.1, 0.15) is 51.5 Å². The van der Waals surface area contributed by atoms with Crippen LogP contribution in [0.5, 0.6) is 5.75 Å². The van der Waals surface area contributed by atoms with Crippen molar-refractivity contribution in [3.63, 3.8) is 0 Å². The van der Waals surface area contributed by atoms with E-state index in [-0.39, 0.29) is 35.6 Å². The first-order valence-corrected chi connectivity index (χ1v) is 11.5. The second-order valence-electron chi connectivity index (χ2n) is 8.11. The minimum Gasteiger partial charge on any atom is -0.491 e. The van der Waals surface area contributed by atoms with Crippen molar-refractivity contribution in [3.8, 4) is 5.75 Å². The van der Waals surface area contributed by atoms with Gasteiger partial charge < -0.3 is 20.7 Å². The Morgan fingerprint density at radius 3 is 2.38 bits per heavy atom. The highest BCUT2D eigenvalue weighted by Gasteiger charge is 2.21. The maximum Gasteiger partial charge on any atom is 0.233 e. The predicted molar refractivity (Wildman–Crippen MR) is 134 cm³/mol. The standard InChI is InChI=1S/C26H31FN4O3/c1-4-15-34-22-14-13-21(28-5-2)25(26(22)27)17(3)29-19-9-11-20(12-10-19)31-24(33)16-23(32)30-18-7-6-8-18/h5,9-14,18,29H,3-4,6-8,15-16H2,1-2H3,(H,30,32)(H,31,33). The highest BCUT2D eigenvalue weighted by Crippen LogP contribution is 2.34. The lowest BCUT2D eigenvalue weighted by atomic mass is 9.93. The van der Waals surface area contributed by atoms with E-state index in [1.54, 1.807) is 49.5 Å². The number of carbonyl (C=O) groups excluding carboxylic acids is 2. The monoisotopic (exact) mass is 466 g/mol. The summed E-state index contributed by atoms with van der Waals surface area (Å²) >= 11 is 0. The van der Waals surface area contributed by atoms with E-state index in [1.807, 2.05) is 6.92 Å². The summed E-state index contributed by atoms with van der Waals surface area (Å²) in [4.78, 5) is 28.3. The zero-order chi connectivity index (χ0) is 24.5. The Bertz CT molecular complexity index is 1060. The van der Waals surface area contributed by atoms with Crippen molar-refractivity contribution in [3.05, 3.63) is 54.4 Å². The average molecular weight is 467 g/mol. The molecule has 0 atom stereocenters. The molecule has 1 aliphatic rings. The molecule has 0 heterocycles. The second-order valence-corrected chi connectivity index (χ2v) is 8.11. The molecule has 0 unspecified atom stereocenters. The van der Waals surface area contributed by atoms with E-state index in [9.17, 15) is 9.59 Å². The molecule has 180 valence electrons. The Balaban J connectivity index is 1.63. The molecule has 1 fully saturated rings. The Morgan fingerprint density at radius 1 is 1.12 bits per heavy atom. The summed E-state index contributed by atoms with van der Waals surface area (Å²) < 4.78 is 20.7. The average Bonchev–Trinajstić information content (AvgIpc) is 2.77. The van der Waals surface area contributed by atoms with Crippen LogP contribution in [0.4, 0.5) is 21.5 Å². The van der Waals surface area contributed by atoms with Crippen LogP contribution < -0.4 is 20.7 Å². The number of amides is 2. The summed E-state index contributed by atoms with van der Waals surface area (Å²) in [7, 11) is 0. The van der Waals surface area contributed by atoms with Crippen LogP contribution in [0.3, 0.4) is 0 Å². The topological polar surface area (TPSA) is 91.8 Å². The Morgan fingerprint density at radius 2 is 1.79 bits per heavy atom. The van der Waals surface area contributed by atoms with Crippen molar-refractivity contribution in [1.29, 1.82) is 0 Å². The fourth-order valence-electron chi connectivity index (χ4n) is 3.46. The quantitative estimate of drug-likeness (QED) is 0.305. The molecule has 0 radical (unpaired) electrons. The molecule has 3 N–H and O–H groups in total. The highest BCUT2D eigenvalue weighted by atomic mass is 19.1. The first-order valence-electron chi connectivity index (χ1n) is 11.5. The van der Waals surface area contributed by atoms with Gasteiger partial charge in [-0.2, -0.15) is 0 Å². The lowest BCUT2D eigenvalue weighted by molar-refractivity contribution is -0.127. The molecule has 1 saturated carbocycles. The van der Waals surface area contributed by atoms with Crippen LogP contribution in [0.2, 0.25) is 0 Å². The first-order chi connectivity index (χ1) is 16.4. The van der Waals surface area contributed by atoms with Crippen molar-refractivity contribution >= 4 is 40.8 Å². The minimum atomic E-state index is -0.530. The summed E-state index contributed by atoms with van der Waals surface area (Å²) in [6, 6.07) is 10.3. The van der Waals surface area contributed by atoms with Gasteiger partial charge in [0.15, 0.2) is 11.6 Å². The van der Waals surface area contributed by atoms with Crippen molar-refractivity contribution in [2.75, 3.05) is 17.2 Å². The smallest absolute Gasteiger partial charge is 0.233 e. The third-order valence-electron chi connectivity index (χ3n) is 5.37. The molecule has 2 aromatic rings. The van der Waals surface area contributed by atoms with E-state index in [2.05, 4.69) is 27.5 Å². The number of nitrogens with zero attached hydrogens (tertiary/aromatic N) is 1. The Labute approximate surface area is 199 Å². The molecule has 0 saturated heterocycles. The van der Waals surface area contributed by atoms with Gasteiger partial charge in [0.25, 0.3) is 0 Å². The molecule has 2 amide bonds. The number of hydrogen-bond donors (Lipinski definition) is 3. The van der Waals surface area contributed by atoms with Crippen molar-refractivity contribution < 1.29 is 18.7 Å². The zero-order valence-corrected chi connectivity index (χ0v) is 19.6. The van der Waals surface area contributed by atoms with E-state index >= 15 is 4.39 Å². The van der Waals surface area contributed by atoms with Gasteiger partial charge >= 0.3 is 0 Å². The van der Waals surface area contributed by atoms with E-state index in [0.717, 1.165) is 25.7 Å². The molecule has 8 heteroatoms. The van der Waals surface area contributed by atoms with Crippen LogP contribution in [0.25, 0.3) is 5.70 Å². The van der Waals surface area contributed by atoms with Gasteiger partial charge in [-0.1, -0.05) is 13.5 Å². The number of ether oxygens (including phenoxy) is 1. The second kappa shape index (κ2) is 12.0. The van der Waals surface area contributed by atoms with Gasteiger partial charge in [0.05, 0.1) is 17.9 Å². The van der Waals surface area contributed by atoms with Gasteiger partial charge in [-0.25, -0.2) is 4.39 Å². The third kappa shape index (κ3) is 6.66. The minimum absolute atomic E-state index is 0.147. The van der Waals surface area contributed by atoms with Gasteiger partial charge in [-0.15, -0.1) is 0 Å². The summed E-state index contributed by atoms with van der Waals surface area (Å²) in [5, 5.41) is 8.64. The summed E-state index contributed by atoms with van der Waals surface area (Å²) in [6.07, 6.45) is 5.18. The Kier molecular flexibility index (Phi) is 8.79. The number of rotatable bonds is 11. The van der Waals surface area contributed by atoms with Gasteiger partial charge in [-0.05, 0) is 69.0 Å². The molecule has 3 rings (SSSR count). The Hall–Kier alpha value is -3.68. The number of hydrogen-bond acceptors (Lipinski definition) is 5. The van der Waals surface area contributed by atoms with E-state index in [4.69, 9.17) is 4.74 Å². The third-order valence-corrected chi connectivity index (χ3v) is 5.37. The van der Waals surface area contributed by atoms with Gasteiger partial charge in [0.1, 0.15) is 6.42 Å². The number of anilines is 2. The lowest BCUT2D eigenvalue weighted by Gasteiger charge is -2.26. The molecule has 34 heavy (non-hydrogen) atoms. The molecular weight excluding hydrogens is 435 g/mol. The number of aliphatic imine (C=N–C) groups is 1. The molecular formula is C26H31FN4O3. The molecule has 7 nitrogen and oxygen atoms in total. The van der Waals surface area contributed by atoms with Crippen LogP contribution >= 0.6 is 0 Å². The van der Waals surface area contributed by atoms with Crippen LogP contribution in [-0.2, 0) is 9.59 Å². The van der Waals surface area contributed by atoms with Crippen LogP contribution in [0, 0.1) is 5.82 Å². The van der Waals surface area contributed by atoms with E-state index in [0.29, 0.717) is 29.4 Å². The maximum atomic E-state index is 15.2. The first kappa shape index (κ1) is 25.0. The fourth-order valence-corrected chi connectivity index (χ4v) is 3.46. The number of carbonyl (C=O) groups is 2. The summed E-state index contributed by atoms with van der Waals surface area (Å²) in [6.45, 7) is 8.10. The molecule has 0 spiro atoms. The lowest BCUT2D eigenvalue weighted by Crippen LogP contribution is -2.40. The molecule has 0 aliphatic heterocycles. The maximum absolute atomic E-state index is 15.2. The van der Waals surface area contributed by atoms with Crippen LogP contribution in [0.15, 0.2) is 48.0 Å².